The second-order valence-electron chi connectivity index (χ2n) is 3.45. The lowest BCUT2D eigenvalue weighted by molar-refractivity contribution is -0.148. The molecule has 0 unspecified atom stereocenters. The molecule has 1 aromatic rings. The molecule has 1 atom stereocenters. The minimum atomic E-state index is -0.565. The number of rotatable bonds is 4. The van der Waals surface area contributed by atoms with Crippen molar-refractivity contribution >= 4 is 17.6 Å². The lowest BCUT2D eigenvalue weighted by Gasteiger charge is -2.16. The van der Waals surface area contributed by atoms with Gasteiger partial charge in [0.25, 0.3) is 0 Å². The van der Waals surface area contributed by atoms with Crippen LogP contribution in [0, 0.1) is 6.92 Å². The van der Waals surface area contributed by atoms with Gasteiger partial charge in [0.2, 0.25) is 0 Å². The average Bonchev–Trinajstić information content (AvgIpc) is 2.27. The molecule has 0 bridgehead atoms. The van der Waals surface area contributed by atoms with Crippen molar-refractivity contribution in [2.45, 2.75) is 26.4 Å². The monoisotopic (exact) mass is 242 g/mol. The van der Waals surface area contributed by atoms with E-state index in [2.05, 4.69) is 4.74 Å². The van der Waals surface area contributed by atoms with Gasteiger partial charge in [-0.2, -0.15) is 0 Å². The molecule has 0 radical (unpaired) electrons. The fourth-order valence-electron chi connectivity index (χ4n) is 1.33. The Morgan fingerprint density at radius 1 is 1.50 bits per heavy atom. The number of methoxy groups -OCH3 is 1. The van der Waals surface area contributed by atoms with E-state index in [0.29, 0.717) is 17.2 Å². The predicted octanol–water partition coefficient (Wildman–Crippen LogP) is 2.98. The van der Waals surface area contributed by atoms with E-state index in [1.807, 2.05) is 13.8 Å². The Morgan fingerprint density at radius 3 is 2.69 bits per heavy atom. The van der Waals surface area contributed by atoms with Crippen LogP contribution < -0.4 is 4.74 Å². The SMILES string of the molecule is CC[C@@H](Oc1ccc(Cl)cc1C)C(=O)OC. The number of esters is 1. The van der Waals surface area contributed by atoms with Gasteiger partial charge in [-0.15, -0.1) is 0 Å². The molecule has 16 heavy (non-hydrogen) atoms. The minimum Gasteiger partial charge on any atom is -0.478 e. The fraction of sp³-hybridized carbons (Fsp3) is 0.417. The number of benzene rings is 1. The molecule has 0 aliphatic heterocycles. The van der Waals surface area contributed by atoms with Gasteiger partial charge in [-0.1, -0.05) is 18.5 Å². The highest BCUT2D eigenvalue weighted by Crippen LogP contribution is 2.23. The van der Waals surface area contributed by atoms with Gasteiger partial charge in [0, 0.05) is 5.02 Å². The highest BCUT2D eigenvalue weighted by atomic mass is 35.5. The molecule has 1 rings (SSSR count). The normalized spacial score (nSPS) is 12.0. The van der Waals surface area contributed by atoms with Crippen molar-refractivity contribution in [3.8, 4) is 5.75 Å². The van der Waals surface area contributed by atoms with Crippen LogP contribution in [0.2, 0.25) is 5.02 Å². The van der Waals surface area contributed by atoms with Crippen molar-refractivity contribution in [1.29, 1.82) is 0 Å². The molecule has 0 N–H and O–H groups in total. The Morgan fingerprint density at radius 2 is 2.19 bits per heavy atom. The van der Waals surface area contributed by atoms with Crippen LogP contribution in [-0.4, -0.2) is 19.2 Å². The predicted molar refractivity (Wildman–Crippen MR) is 62.9 cm³/mol. The van der Waals surface area contributed by atoms with E-state index in [9.17, 15) is 4.79 Å². The first-order valence-electron chi connectivity index (χ1n) is 5.09. The first kappa shape index (κ1) is 12.8. The van der Waals surface area contributed by atoms with Crippen molar-refractivity contribution in [3.05, 3.63) is 28.8 Å². The Balaban J connectivity index is 2.82. The Hall–Kier alpha value is -1.22. The van der Waals surface area contributed by atoms with Crippen LogP contribution in [0.4, 0.5) is 0 Å². The molecular weight excluding hydrogens is 228 g/mol. The summed E-state index contributed by atoms with van der Waals surface area (Å²) in [4.78, 5) is 11.4. The number of carbonyl (C=O) groups excluding carboxylic acids is 1. The maximum atomic E-state index is 11.4. The van der Waals surface area contributed by atoms with Crippen molar-refractivity contribution < 1.29 is 14.3 Å². The first-order valence-corrected chi connectivity index (χ1v) is 5.47. The molecule has 0 amide bonds. The minimum absolute atomic E-state index is 0.364. The maximum absolute atomic E-state index is 11.4. The van der Waals surface area contributed by atoms with Crippen LogP contribution in [0.5, 0.6) is 5.75 Å². The van der Waals surface area contributed by atoms with Gasteiger partial charge in [-0.3, -0.25) is 0 Å². The number of hydrogen-bond donors (Lipinski definition) is 0. The van der Waals surface area contributed by atoms with Gasteiger partial charge in [-0.05, 0) is 37.1 Å². The van der Waals surface area contributed by atoms with Crippen LogP contribution in [0.1, 0.15) is 18.9 Å². The van der Waals surface area contributed by atoms with Gasteiger partial charge in [0.1, 0.15) is 5.75 Å². The lowest BCUT2D eigenvalue weighted by Crippen LogP contribution is -2.27. The van der Waals surface area contributed by atoms with Crippen molar-refractivity contribution in [2.75, 3.05) is 7.11 Å². The zero-order chi connectivity index (χ0) is 12.1. The zero-order valence-electron chi connectivity index (χ0n) is 9.62. The summed E-state index contributed by atoms with van der Waals surface area (Å²) in [5.41, 5.74) is 0.898. The molecule has 0 fully saturated rings. The number of ether oxygens (including phenoxy) is 2. The molecule has 0 saturated carbocycles. The molecule has 3 nitrogen and oxygen atoms in total. The van der Waals surface area contributed by atoms with Gasteiger partial charge in [0.05, 0.1) is 7.11 Å². The molecule has 0 spiro atoms. The quantitative estimate of drug-likeness (QED) is 0.762. The smallest absolute Gasteiger partial charge is 0.347 e. The van der Waals surface area contributed by atoms with Crippen molar-refractivity contribution in [3.63, 3.8) is 0 Å². The third kappa shape index (κ3) is 3.14. The highest BCUT2D eigenvalue weighted by Gasteiger charge is 2.19. The summed E-state index contributed by atoms with van der Waals surface area (Å²) in [6.45, 7) is 3.75. The van der Waals surface area contributed by atoms with E-state index in [1.165, 1.54) is 7.11 Å². The summed E-state index contributed by atoms with van der Waals surface area (Å²) in [7, 11) is 1.35. The van der Waals surface area contributed by atoms with E-state index in [-0.39, 0.29) is 5.97 Å². The van der Waals surface area contributed by atoms with E-state index in [4.69, 9.17) is 16.3 Å². The molecule has 88 valence electrons. The Kier molecular flexibility index (Phi) is 4.62. The van der Waals surface area contributed by atoms with Crippen LogP contribution >= 0.6 is 11.6 Å². The van der Waals surface area contributed by atoms with Gasteiger partial charge in [0.15, 0.2) is 6.10 Å². The summed E-state index contributed by atoms with van der Waals surface area (Å²) in [5.74, 6) is 0.290. The van der Waals surface area contributed by atoms with Crippen LogP contribution in [0.25, 0.3) is 0 Å². The van der Waals surface area contributed by atoms with Crippen molar-refractivity contribution in [2.24, 2.45) is 0 Å². The number of halogens is 1. The average molecular weight is 243 g/mol. The van der Waals surface area contributed by atoms with Crippen molar-refractivity contribution in [1.82, 2.24) is 0 Å². The van der Waals surface area contributed by atoms with Gasteiger partial charge in [-0.25, -0.2) is 4.79 Å². The van der Waals surface area contributed by atoms with E-state index in [1.54, 1.807) is 18.2 Å². The third-order valence-corrected chi connectivity index (χ3v) is 2.48. The molecule has 1 aromatic carbocycles. The maximum Gasteiger partial charge on any atom is 0.347 e. The largest absolute Gasteiger partial charge is 0.478 e. The number of carbonyl (C=O) groups is 1. The third-order valence-electron chi connectivity index (χ3n) is 2.24. The van der Waals surface area contributed by atoms with E-state index < -0.39 is 6.10 Å². The molecule has 4 heteroatoms. The molecular formula is C12H15ClO3. The first-order chi connectivity index (χ1) is 7.58. The Bertz CT molecular complexity index is 377. The molecule has 0 aromatic heterocycles. The van der Waals surface area contributed by atoms with E-state index >= 15 is 0 Å². The number of aryl methyl sites for hydroxylation is 1. The molecule has 0 aliphatic rings. The fourth-order valence-corrected chi connectivity index (χ4v) is 1.55. The van der Waals surface area contributed by atoms with Crippen LogP contribution in [0.15, 0.2) is 18.2 Å². The van der Waals surface area contributed by atoms with E-state index in [0.717, 1.165) is 5.56 Å². The second kappa shape index (κ2) is 5.75. The zero-order valence-corrected chi connectivity index (χ0v) is 10.4. The lowest BCUT2D eigenvalue weighted by atomic mass is 10.2. The van der Waals surface area contributed by atoms with Crippen LogP contribution in [-0.2, 0) is 9.53 Å². The summed E-state index contributed by atoms with van der Waals surface area (Å²) < 4.78 is 10.2. The second-order valence-corrected chi connectivity index (χ2v) is 3.88. The summed E-state index contributed by atoms with van der Waals surface area (Å²) in [6.07, 6.45) is -0.000704. The standard InChI is InChI=1S/C12H15ClO3/c1-4-10(12(14)15-3)16-11-6-5-9(13)7-8(11)2/h5-7,10H,4H2,1-3H3/t10-/m1/s1. The summed E-state index contributed by atoms with van der Waals surface area (Å²) >= 11 is 5.83. The summed E-state index contributed by atoms with van der Waals surface area (Å²) in [6, 6.07) is 5.28. The summed E-state index contributed by atoms with van der Waals surface area (Å²) in [5, 5.41) is 0.649. The molecule has 0 aliphatic carbocycles. The molecule has 0 saturated heterocycles. The van der Waals surface area contributed by atoms with Crippen LogP contribution in [0.3, 0.4) is 0 Å². The van der Waals surface area contributed by atoms with Gasteiger partial charge >= 0.3 is 5.97 Å². The Labute approximate surface area is 100 Å². The number of hydrogen-bond acceptors (Lipinski definition) is 3. The topological polar surface area (TPSA) is 35.5 Å². The highest BCUT2D eigenvalue weighted by molar-refractivity contribution is 6.30. The van der Waals surface area contributed by atoms with Gasteiger partial charge < -0.3 is 9.47 Å². The molecule has 0 heterocycles.